The maximum atomic E-state index is 9.58. The lowest BCUT2D eigenvalue weighted by Crippen LogP contribution is -2.15. The van der Waals surface area contributed by atoms with Gasteiger partial charge in [-0.25, -0.2) is 4.98 Å². The van der Waals surface area contributed by atoms with Crippen molar-refractivity contribution in [1.82, 2.24) is 9.97 Å². The van der Waals surface area contributed by atoms with E-state index in [-0.39, 0.29) is 6.10 Å². The molecule has 3 nitrogen and oxygen atoms in total. The fourth-order valence-electron chi connectivity index (χ4n) is 1.55. The molecule has 0 unspecified atom stereocenters. The largest absolute Gasteiger partial charge is 0.392 e. The van der Waals surface area contributed by atoms with Crippen LogP contribution >= 0.6 is 11.8 Å². The Hall–Kier alpha value is -0.610. The van der Waals surface area contributed by atoms with Crippen molar-refractivity contribution in [1.29, 1.82) is 0 Å². The van der Waals surface area contributed by atoms with Gasteiger partial charge in [0.25, 0.3) is 0 Å². The second kappa shape index (κ2) is 4.07. The number of aliphatic hydroxyl groups excluding tert-OH is 1. The molecule has 13 heavy (non-hydrogen) atoms. The number of thioether (sulfide) groups is 1. The van der Waals surface area contributed by atoms with Crippen molar-refractivity contribution in [2.75, 3.05) is 0 Å². The number of aliphatic hydroxyl groups is 1. The average Bonchev–Trinajstić information content (AvgIpc) is 2.54. The molecule has 0 amide bonds. The minimum Gasteiger partial charge on any atom is -0.392 e. The first-order chi connectivity index (χ1) is 6.36. The lowest BCUT2D eigenvalue weighted by molar-refractivity contribution is 0.188. The summed E-state index contributed by atoms with van der Waals surface area (Å²) < 4.78 is 0. The topological polar surface area (TPSA) is 46.0 Å². The monoisotopic (exact) mass is 196 g/mol. The molecule has 0 radical (unpaired) electrons. The summed E-state index contributed by atoms with van der Waals surface area (Å²) in [5.41, 5.74) is 0. The van der Waals surface area contributed by atoms with Gasteiger partial charge in [0.15, 0.2) is 0 Å². The molecule has 1 aromatic rings. The molecule has 0 aromatic carbocycles. The van der Waals surface area contributed by atoms with E-state index in [1.165, 1.54) is 0 Å². The first-order valence-corrected chi connectivity index (χ1v) is 5.35. The first kappa shape index (κ1) is 8.97. The molecule has 1 aliphatic rings. The highest BCUT2D eigenvalue weighted by Crippen LogP contribution is 2.33. The molecule has 1 aliphatic carbocycles. The van der Waals surface area contributed by atoms with E-state index >= 15 is 0 Å². The van der Waals surface area contributed by atoms with Gasteiger partial charge in [0, 0.05) is 17.6 Å². The van der Waals surface area contributed by atoms with Crippen LogP contribution in [0.1, 0.15) is 19.3 Å². The molecular formula is C9H12N2OS. The molecule has 0 aliphatic heterocycles. The standard InChI is InChI=1S/C9H12N2OS/c12-7-2-1-3-8(7)13-9-6-10-4-5-11-9/h4-8,12H,1-3H2/t7-,8-/m1/s1. The van der Waals surface area contributed by atoms with Crippen molar-refractivity contribution in [2.24, 2.45) is 0 Å². The molecular weight excluding hydrogens is 184 g/mol. The van der Waals surface area contributed by atoms with Crippen LogP contribution in [0.15, 0.2) is 23.6 Å². The summed E-state index contributed by atoms with van der Waals surface area (Å²) in [5, 5.41) is 10.8. The van der Waals surface area contributed by atoms with Crippen molar-refractivity contribution >= 4 is 11.8 Å². The number of hydrogen-bond donors (Lipinski definition) is 1. The molecule has 2 rings (SSSR count). The van der Waals surface area contributed by atoms with Crippen molar-refractivity contribution in [3.8, 4) is 0 Å². The van der Waals surface area contributed by atoms with E-state index in [0.29, 0.717) is 5.25 Å². The molecule has 4 heteroatoms. The predicted octanol–water partition coefficient (Wildman–Crippen LogP) is 1.48. The van der Waals surface area contributed by atoms with Gasteiger partial charge >= 0.3 is 0 Å². The summed E-state index contributed by atoms with van der Waals surface area (Å²) in [6.07, 6.45) is 8.07. The quantitative estimate of drug-likeness (QED) is 0.778. The second-order valence-corrected chi connectivity index (χ2v) is 4.46. The van der Waals surface area contributed by atoms with Crippen molar-refractivity contribution < 1.29 is 5.11 Å². The van der Waals surface area contributed by atoms with Crippen LogP contribution in [0.5, 0.6) is 0 Å². The van der Waals surface area contributed by atoms with E-state index in [2.05, 4.69) is 9.97 Å². The number of aromatic nitrogens is 2. The van der Waals surface area contributed by atoms with Crippen LogP contribution in [0.2, 0.25) is 0 Å². The summed E-state index contributed by atoms with van der Waals surface area (Å²) in [4.78, 5) is 8.15. The Morgan fingerprint density at radius 1 is 1.38 bits per heavy atom. The summed E-state index contributed by atoms with van der Waals surface area (Å²) in [6.45, 7) is 0. The van der Waals surface area contributed by atoms with E-state index in [1.54, 1.807) is 30.4 Å². The highest BCUT2D eigenvalue weighted by Gasteiger charge is 2.26. The number of rotatable bonds is 2. The van der Waals surface area contributed by atoms with Gasteiger partial charge in [-0.3, -0.25) is 4.98 Å². The van der Waals surface area contributed by atoms with Crippen LogP contribution in [0.3, 0.4) is 0 Å². The Morgan fingerprint density at radius 2 is 2.31 bits per heavy atom. The van der Waals surface area contributed by atoms with Gasteiger partial charge < -0.3 is 5.11 Å². The first-order valence-electron chi connectivity index (χ1n) is 4.47. The summed E-state index contributed by atoms with van der Waals surface area (Å²) in [6, 6.07) is 0. The van der Waals surface area contributed by atoms with Gasteiger partial charge in [0.2, 0.25) is 0 Å². The third-order valence-corrected chi connectivity index (χ3v) is 3.53. The van der Waals surface area contributed by atoms with E-state index < -0.39 is 0 Å². The van der Waals surface area contributed by atoms with Crippen LogP contribution in [0, 0.1) is 0 Å². The van der Waals surface area contributed by atoms with Crippen molar-refractivity contribution in [3.05, 3.63) is 18.6 Å². The van der Waals surface area contributed by atoms with Gasteiger partial charge in [-0.1, -0.05) is 11.8 Å². The molecule has 1 saturated carbocycles. The van der Waals surface area contributed by atoms with Crippen LogP contribution < -0.4 is 0 Å². The molecule has 0 bridgehead atoms. The lowest BCUT2D eigenvalue weighted by Gasteiger charge is -2.12. The maximum absolute atomic E-state index is 9.58. The minimum absolute atomic E-state index is 0.160. The van der Waals surface area contributed by atoms with E-state index in [0.717, 1.165) is 24.3 Å². The average molecular weight is 196 g/mol. The molecule has 1 N–H and O–H groups in total. The second-order valence-electron chi connectivity index (χ2n) is 3.20. The summed E-state index contributed by atoms with van der Waals surface area (Å²) >= 11 is 1.64. The molecule has 1 aromatic heterocycles. The SMILES string of the molecule is O[C@@H]1CCC[C@H]1Sc1cnccn1. The van der Waals surface area contributed by atoms with Gasteiger partial charge in [0.1, 0.15) is 5.03 Å². The van der Waals surface area contributed by atoms with E-state index in [1.807, 2.05) is 0 Å². The number of hydrogen-bond acceptors (Lipinski definition) is 4. The Morgan fingerprint density at radius 3 is 2.92 bits per heavy atom. The Labute approximate surface area is 81.6 Å². The fourth-order valence-corrected chi connectivity index (χ4v) is 2.68. The minimum atomic E-state index is -0.160. The predicted molar refractivity (Wildman–Crippen MR) is 51.5 cm³/mol. The Balaban J connectivity index is 1.98. The molecule has 2 atom stereocenters. The zero-order chi connectivity index (χ0) is 9.10. The zero-order valence-electron chi connectivity index (χ0n) is 7.26. The fraction of sp³-hybridized carbons (Fsp3) is 0.556. The summed E-state index contributed by atoms with van der Waals surface area (Å²) in [7, 11) is 0. The maximum Gasteiger partial charge on any atom is 0.115 e. The third kappa shape index (κ3) is 2.19. The van der Waals surface area contributed by atoms with Crippen LogP contribution in [-0.4, -0.2) is 26.4 Å². The van der Waals surface area contributed by atoms with Gasteiger partial charge in [-0.05, 0) is 19.3 Å². The van der Waals surface area contributed by atoms with Gasteiger partial charge in [-0.15, -0.1) is 0 Å². The number of nitrogens with zero attached hydrogens (tertiary/aromatic N) is 2. The molecule has 0 spiro atoms. The Bertz CT molecular complexity index is 268. The lowest BCUT2D eigenvalue weighted by atomic mass is 10.3. The third-order valence-electron chi connectivity index (χ3n) is 2.23. The van der Waals surface area contributed by atoms with Crippen LogP contribution in [-0.2, 0) is 0 Å². The van der Waals surface area contributed by atoms with E-state index in [9.17, 15) is 5.11 Å². The molecule has 70 valence electrons. The smallest absolute Gasteiger partial charge is 0.115 e. The highest BCUT2D eigenvalue weighted by atomic mass is 32.2. The zero-order valence-corrected chi connectivity index (χ0v) is 8.07. The molecule has 1 fully saturated rings. The van der Waals surface area contributed by atoms with Crippen LogP contribution in [0.4, 0.5) is 0 Å². The van der Waals surface area contributed by atoms with E-state index in [4.69, 9.17) is 0 Å². The normalized spacial score (nSPS) is 27.8. The van der Waals surface area contributed by atoms with Crippen molar-refractivity contribution in [3.63, 3.8) is 0 Å². The van der Waals surface area contributed by atoms with Crippen molar-refractivity contribution in [2.45, 2.75) is 35.6 Å². The van der Waals surface area contributed by atoms with Gasteiger partial charge in [0.05, 0.1) is 12.3 Å². The Kier molecular flexibility index (Phi) is 2.80. The molecule has 1 heterocycles. The molecule has 0 saturated heterocycles. The van der Waals surface area contributed by atoms with Crippen LogP contribution in [0.25, 0.3) is 0 Å². The highest BCUT2D eigenvalue weighted by molar-refractivity contribution is 7.99. The summed E-state index contributed by atoms with van der Waals surface area (Å²) in [5.74, 6) is 0. The van der Waals surface area contributed by atoms with Gasteiger partial charge in [-0.2, -0.15) is 0 Å².